The van der Waals surface area contributed by atoms with Gasteiger partial charge in [0.25, 0.3) is 0 Å². The third-order valence-corrected chi connectivity index (χ3v) is 3.49. The molecule has 3 N–H and O–H groups in total. The summed E-state index contributed by atoms with van der Waals surface area (Å²) < 4.78 is 24.7. The zero-order valence-electron chi connectivity index (χ0n) is 11.9. The van der Waals surface area contributed by atoms with E-state index in [0.29, 0.717) is 12.2 Å². The highest BCUT2D eigenvalue weighted by atomic mass is 19.1. The minimum atomic E-state index is -0.396. The molecule has 1 aromatic rings. The maximum Gasteiger partial charge on any atom is 0.123 e. The van der Waals surface area contributed by atoms with E-state index in [1.54, 1.807) is 6.07 Å². The van der Waals surface area contributed by atoms with Crippen LogP contribution in [0.3, 0.4) is 0 Å². The highest BCUT2D eigenvalue weighted by Gasteiger charge is 2.25. The van der Waals surface area contributed by atoms with Crippen LogP contribution in [0.2, 0.25) is 0 Å². The van der Waals surface area contributed by atoms with Crippen LogP contribution >= 0.6 is 0 Å². The molecule has 0 aliphatic carbocycles. The molecule has 0 aromatic heterocycles. The van der Waals surface area contributed by atoms with Gasteiger partial charge in [-0.05, 0) is 44.4 Å². The minimum Gasteiger partial charge on any atom is -0.384 e. The molecule has 4 nitrogen and oxygen atoms in total. The Kier molecular flexibility index (Phi) is 4.73. The summed E-state index contributed by atoms with van der Waals surface area (Å²) in [5, 5.41) is 7.50. The average Bonchev–Trinajstić information content (AvgIpc) is 2.36. The monoisotopic (exact) mass is 280 g/mol. The van der Waals surface area contributed by atoms with Crippen molar-refractivity contribution >= 4 is 5.84 Å². The zero-order valence-corrected chi connectivity index (χ0v) is 11.9. The standard InChI is InChI=1S/C15H21FN2O2/c1-9-5-13(6-10(2)20-9)19-8-11-3-4-12(16)7-14(11)15(17)18/h3-4,7,9-10,13H,5-6,8H2,1-2H3,(H3,17,18). The smallest absolute Gasteiger partial charge is 0.123 e. The van der Waals surface area contributed by atoms with Crippen LogP contribution in [0.1, 0.15) is 37.8 Å². The first kappa shape index (κ1) is 14.9. The number of ether oxygens (including phenoxy) is 2. The predicted molar refractivity (Wildman–Crippen MR) is 75.2 cm³/mol. The lowest BCUT2D eigenvalue weighted by Crippen LogP contribution is -2.34. The van der Waals surface area contributed by atoms with Crippen LogP contribution < -0.4 is 5.73 Å². The summed E-state index contributed by atoms with van der Waals surface area (Å²) in [5.74, 6) is -0.538. The first-order valence-corrected chi connectivity index (χ1v) is 6.85. The van der Waals surface area contributed by atoms with Gasteiger partial charge in [0.2, 0.25) is 0 Å². The number of nitrogens with one attached hydrogen (secondary N) is 1. The lowest BCUT2D eigenvalue weighted by atomic mass is 10.0. The molecular formula is C15H21FN2O2. The largest absolute Gasteiger partial charge is 0.384 e. The second-order valence-electron chi connectivity index (χ2n) is 5.38. The van der Waals surface area contributed by atoms with Gasteiger partial charge >= 0.3 is 0 Å². The van der Waals surface area contributed by atoms with Crippen LogP contribution in [0.4, 0.5) is 4.39 Å². The Labute approximate surface area is 118 Å². The van der Waals surface area contributed by atoms with Crippen LogP contribution in [-0.2, 0) is 16.1 Å². The highest BCUT2D eigenvalue weighted by molar-refractivity contribution is 5.96. The Morgan fingerprint density at radius 1 is 1.40 bits per heavy atom. The molecule has 1 heterocycles. The van der Waals surface area contributed by atoms with Crippen molar-refractivity contribution < 1.29 is 13.9 Å². The zero-order chi connectivity index (χ0) is 14.7. The van der Waals surface area contributed by atoms with Crippen molar-refractivity contribution in [1.29, 1.82) is 5.41 Å². The minimum absolute atomic E-state index is 0.124. The summed E-state index contributed by atoms with van der Waals surface area (Å²) in [5.41, 5.74) is 6.62. The maximum atomic E-state index is 13.2. The summed E-state index contributed by atoms with van der Waals surface area (Å²) in [7, 11) is 0. The third-order valence-electron chi connectivity index (χ3n) is 3.49. The van der Waals surface area contributed by atoms with Crippen molar-refractivity contribution in [2.24, 2.45) is 5.73 Å². The Hall–Kier alpha value is -1.46. The van der Waals surface area contributed by atoms with Crippen LogP contribution in [0.25, 0.3) is 0 Å². The molecule has 0 spiro atoms. The van der Waals surface area contributed by atoms with Gasteiger partial charge in [-0.2, -0.15) is 0 Å². The molecular weight excluding hydrogens is 259 g/mol. The lowest BCUT2D eigenvalue weighted by Gasteiger charge is -2.32. The van der Waals surface area contributed by atoms with Gasteiger partial charge in [0.15, 0.2) is 0 Å². The molecule has 1 saturated heterocycles. The van der Waals surface area contributed by atoms with E-state index < -0.39 is 5.82 Å². The Balaban J connectivity index is 2.02. The number of amidine groups is 1. The molecule has 2 rings (SSSR count). The first-order chi connectivity index (χ1) is 9.45. The van der Waals surface area contributed by atoms with E-state index in [4.69, 9.17) is 20.6 Å². The molecule has 1 aromatic carbocycles. The number of nitrogen functional groups attached to an aromatic ring is 1. The fourth-order valence-electron chi connectivity index (χ4n) is 2.61. The van der Waals surface area contributed by atoms with E-state index in [0.717, 1.165) is 18.4 Å². The normalized spacial score (nSPS) is 26.4. The lowest BCUT2D eigenvalue weighted by molar-refractivity contribution is -0.106. The van der Waals surface area contributed by atoms with E-state index in [9.17, 15) is 4.39 Å². The van der Waals surface area contributed by atoms with Crippen molar-refractivity contribution in [3.05, 3.63) is 35.1 Å². The molecule has 110 valence electrons. The van der Waals surface area contributed by atoms with Crippen molar-refractivity contribution in [3.8, 4) is 0 Å². The van der Waals surface area contributed by atoms with Gasteiger partial charge in [-0.1, -0.05) is 6.07 Å². The van der Waals surface area contributed by atoms with Crippen molar-refractivity contribution in [3.63, 3.8) is 0 Å². The average molecular weight is 280 g/mol. The van der Waals surface area contributed by atoms with Crippen LogP contribution in [0.5, 0.6) is 0 Å². The Morgan fingerprint density at radius 3 is 2.65 bits per heavy atom. The molecule has 2 atom stereocenters. The van der Waals surface area contributed by atoms with Gasteiger partial charge in [-0.3, -0.25) is 5.41 Å². The van der Waals surface area contributed by atoms with Gasteiger partial charge in [0.05, 0.1) is 24.9 Å². The number of hydrogen-bond acceptors (Lipinski definition) is 3. The quantitative estimate of drug-likeness (QED) is 0.658. The topological polar surface area (TPSA) is 68.3 Å². The number of hydrogen-bond donors (Lipinski definition) is 2. The molecule has 0 amide bonds. The van der Waals surface area contributed by atoms with E-state index in [-0.39, 0.29) is 24.1 Å². The predicted octanol–water partition coefficient (Wildman–Crippen LogP) is 2.58. The van der Waals surface area contributed by atoms with E-state index in [2.05, 4.69) is 0 Å². The second kappa shape index (κ2) is 6.33. The maximum absolute atomic E-state index is 13.2. The molecule has 5 heteroatoms. The molecule has 1 aliphatic heterocycles. The molecule has 2 unspecified atom stereocenters. The summed E-state index contributed by atoms with van der Waals surface area (Å²) in [4.78, 5) is 0. The Morgan fingerprint density at radius 2 is 2.05 bits per heavy atom. The van der Waals surface area contributed by atoms with Crippen molar-refractivity contribution in [1.82, 2.24) is 0 Å². The number of nitrogens with two attached hydrogens (primary N) is 1. The van der Waals surface area contributed by atoms with Crippen LogP contribution in [-0.4, -0.2) is 24.1 Å². The molecule has 0 saturated carbocycles. The number of rotatable bonds is 4. The SMILES string of the molecule is CC1CC(OCc2ccc(F)cc2C(=N)N)CC(C)O1. The van der Waals surface area contributed by atoms with Gasteiger partial charge < -0.3 is 15.2 Å². The van der Waals surface area contributed by atoms with Crippen molar-refractivity contribution in [2.45, 2.75) is 51.6 Å². The summed E-state index contributed by atoms with van der Waals surface area (Å²) in [6, 6.07) is 4.26. The van der Waals surface area contributed by atoms with Crippen LogP contribution in [0, 0.1) is 11.2 Å². The van der Waals surface area contributed by atoms with Gasteiger partial charge in [-0.15, -0.1) is 0 Å². The molecule has 0 bridgehead atoms. The molecule has 1 fully saturated rings. The first-order valence-electron chi connectivity index (χ1n) is 6.85. The fourth-order valence-corrected chi connectivity index (χ4v) is 2.61. The second-order valence-corrected chi connectivity index (χ2v) is 5.38. The number of benzene rings is 1. The van der Waals surface area contributed by atoms with Crippen molar-refractivity contribution in [2.75, 3.05) is 0 Å². The summed E-state index contributed by atoms with van der Waals surface area (Å²) in [6.07, 6.45) is 2.19. The third kappa shape index (κ3) is 3.77. The van der Waals surface area contributed by atoms with Gasteiger partial charge in [0.1, 0.15) is 11.7 Å². The highest BCUT2D eigenvalue weighted by Crippen LogP contribution is 2.23. The summed E-state index contributed by atoms with van der Waals surface area (Å²) >= 11 is 0. The molecule has 1 aliphatic rings. The summed E-state index contributed by atoms with van der Waals surface area (Å²) in [6.45, 7) is 4.40. The fraction of sp³-hybridized carbons (Fsp3) is 0.533. The van der Waals surface area contributed by atoms with E-state index in [1.165, 1.54) is 12.1 Å². The van der Waals surface area contributed by atoms with E-state index in [1.807, 2.05) is 13.8 Å². The van der Waals surface area contributed by atoms with Gasteiger partial charge in [-0.25, -0.2) is 4.39 Å². The number of halogens is 1. The molecule has 0 radical (unpaired) electrons. The van der Waals surface area contributed by atoms with Gasteiger partial charge in [0, 0.05) is 5.56 Å². The Bertz CT molecular complexity index is 483. The van der Waals surface area contributed by atoms with E-state index >= 15 is 0 Å². The molecule has 20 heavy (non-hydrogen) atoms. The van der Waals surface area contributed by atoms with Crippen LogP contribution in [0.15, 0.2) is 18.2 Å².